The Labute approximate surface area is 186 Å². The maximum Gasteiger partial charge on any atom is 0.266 e. The van der Waals surface area contributed by atoms with E-state index in [-0.39, 0.29) is 37.0 Å². The van der Waals surface area contributed by atoms with E-state index in [1.165, 1.54) is 55.6 Å². The standard InChI is InChI=1S/C24H16N2O6S/c1-13-5-3-7-15(9-13)33(31,32)16-8-4-6-14(10-16)26-23(29)19-11-17-18(12-20(19)24(26)30)22(28)25(2)21(17)27/h3-12H,1-2H3. The van der Waals surface area contributed by atoms with E-state index >= 15 is 0 Å². The molecule has 0 saturated carbocycles. The van der Waals surface area contributed by atoms with Gasteiger partial charge in [0.2, 0.25) is 9.84 Å². The first-order valence-electron chi connectivity index (χ1n) is 9.92. The summed E-state index contributed by atoms with van der Waals surface area (Å²) in [4.78, 5) is 50.8. The normalized spacial score (nSPS) is 12.1. The minimum Gasteiger partial charge on any atom is -0.277 e. The molecule has 5 aromatic rings. The van der Waals surface area contributed by atoms with E-state index in [0.29, 0.717) is 0 Å². The largest absolute Gasteiger partial charge is 0.277 e. The first kappa shape index (κ1) is 20.8. The van der Waals surface area contributed by atoms with Gasteiger partial charge in [-0.3, -0.25) is 23.7 Å². The number of nitrogens with zero attached hydrogens (tertiary/aromatic N) is 2. The summed E-state index contributed by atoms with van der Waals surface area (Å²) >= 11 is 0. The van der Waals surface area contributed by atoms with Crippen LogP contribution in [0.3, 0.4) is 0 Å². The molecule has 0 bridgehead atoms. The van der Waals surface area contributed by atoms with E-state index in [9.17, 15) is 27.6 Å². The summed E-state index contributed by atoms with van der Waals surface area (Å²) in [5.74, 6) is 0. The second kappa shape index (κ2) is 6.94. The van der Waals surface area contributed by atoms with Gasteiger partial charge < -0.3 is 0 Å². The molecule has 0 aliphatic carbocycles. The van der Waals surface area contributed by atoms with Crippen LogP contribution in [0.15, 0.2) is 89.6 Å². The van der Waals surface area contributed by atoms with Crippen molar-refractivity contribution in [1.29, 1.82) is 0 Å². The lowest BCUT2D eigenvalue weighted by Crippen LogP contribution is -2.23. The van der Waals surface area contributed by atoms with E-state index < -0.39 is 32.1 Å². The number of hydrogen-bond donors (Lipinski definition) is 0. The molecular weight excluding hydrogens is 444 g/mol. The SMILES string of the molecule is Cc1cccc(S(=O)(=O)c2cccc(-n3c(=O)c4cc5c(=O)n(C)c(=O)c5cc4c3=O)c2)c1. The minimum absolute atomic E-state index is 0.0119. The molecule has 0 aliphatic heterocycles. The Balaban J connectivity index is 1.76. The Morgan fingerprint density at radius 2 is 1.12 bits per heavy atom. The molecule has 0 saturated heterocycles. The van der Waals surface area contributed by atoms with E-state index in [2.05, 4.69) is 0 Å². The Morgan fingerprint density at radius 1 is 0.636 bits per heavy atom. The van der Waals surface area contributed by atoms with Crippen LogP contribution in [0.4, 0.5) is 0 Å². The summed E-state index contributed by atoms with van der Waals surface area (Å²) in [7, 11) is -2.56. The lowest BCUT2D eigenvalue weighted by molar-refractivity contribution is 0.596. The zero-order chi connectivity index (χ0) is 23.7. The number of aromatic nitrogens is 2. The highest BCUT2D eigenvalue weighted by molar-refractivity contribution is 7.91. The minimum atomic E-state index is -3.89. The molecule has 0 atom stereocenters. The average Bonchev–Trinajstić information content (AvgIpc) is 3.17. The fourth-order valence-electron chi connectivity index (χ4n) is 4.04. The predicted octanol–water partition coefficient (Wildman–Crippen LogP) is 1.58. The van der Waals surface area contributed by atoms with Gasteiger partial charge in [0, 0.05) is 7.05 Å². The fourth-order valence-corrected chi connectivity index (χ4v) is 5.44. The molecule has 2 heterocycles. The van der Waals surface area contributed by atoms with Gasteiger partial charge in [-0.15, -0.1) is 0 Å². The Kier molecular flexibility index (Phi) is 4.37. The molecule has 164 valence electrons. The van der Waals surface area contributed by atoms with Crippen molar-refractivity contribution in [2.24, 2.45) is 7.05 Å². The smallest absolute Gasteiger partial charge is 0.266 e. The molecule has 0 amide bonds. The van der Waals surface area contributed by atoms with Gasteiger partial charge in [-0.2, -0.15) is 0 Å². The van der Waals surface area contributed by atoms with Gasteiger partial charge in [-0.05, 0) is 55.0 Å². The number of fused-ring (bicyclic) bond motifs is 2. The lowest BCUT2D eigenvalue weighted by atomic mass is 10.1. The van der Waals surface area contributed by atoms with Crippen LogP contribution in [-0.2, 0) is 16.9 Å². The summed E-state index contributed by atoms with van der Waals surface area (Å²) < 4.78 is 28.0. The molecule has 0 N–H and O–H groups in total. The highest BCUT2D eigenvalue weighted by Crippen LogP contribution is 2.24. The third-order valence-electron chi connectivity index (χ3n) is 5.78. The van der Waals surface area contributed by atoms with Gasteiger partial charge in [0.05, 0.1) is 37.0 Å². The molecule has 0 unspecified atom stereocenters. The Morgan fingerprint density at radius 3 is 1.67 bits per heavy atom. The van der Waals surface area contributed by atoms with E-state index in [1.54, 1.807) is 19.1 Å². The van der Waals surface area contributed by atoms with Crippen molar-refractivity contribution in [2.75, 3.05) is 0 Å². The van der Waals surface area contributed by atoms with Crippen LogP contribution in [0.2, 0.25) is 0 Å². The lowest BCUT2D eigenvalue weighted by Gasteiger charge is -2.08. The van der Waals surface area contributed by atoms with Gasteiger partial charge in [0.15, 0.2) is 0 Å². The second-order valence-corrected chi connectivity index (χ2v) is 9.83. The quantitative estimate of drug-likeness (QED) is 0.404. The summed E-state index contributed by atoms with van der Waals surface area (Å²) in [6.45, 7) is 1.78. The van der Waals surface area contributed by atoms with Crippen molar-refractivity contribution >= 4 is 31.4 Å². The van der Waals surface area contributed by atoms with Gasteiger partial charge in [0.25, 0.3) is 22.2 Å². The molecular formula is C24H16N2O6S. The summed E-state index contributed by atoms with van der Waals surface area (Å²) in [5, 5.41) is 0.0874. The molecule has 5 rings (SSSR count). The van der Waals surface area contributed by atoms with E-state index in [0.717, 1.165) is 14.7 Å². The summed E-state index contributed by atoms with van der Waals surface area (Å²) in [5.41, 5.74) is -1.65. The number of benzene rings is 3. The Bertz CT molecular complexity index is 1860. The predicted molar refractivity (Wildman–Crippen MR) is 124 cm³/mol. The van der Waals surface area contributed by atoms with Crippen molar-refractivity contribution < 1.29 is 8.42 Å². The van der Waals surface area contributed by atoms with Gasteiger partial charge in [-0.1, -0.05) is 18.2 Å². The van der Waals surface area contributed by atoms with Crippen LogP contribution >= 0.6 is 0 Å². The van der Waals surface area contributed by atoms with Crippen LogP contribution in [0.1, 0.15) is 5.56 Å². The highest BCUT2D eigenvalue weighted by Gasteiger charge is 2.22. The number of rotatable bonds is 3. The van der Waals surface area contributed by atoms with Crippen LogP contribution < -0.4 is 22.2 Å². The summed E-state index contributed by atoms with van der Waals surface area (Å²) in [6, 6.07) is 14.5. The van der Waals surface area contributed by atoms with Gasteiger partial charge in [0.1, 0.15) is 0 Å². The molecule has 2 aromatic heterocycles. The molecule has 3 aromatic carbocycles. The average molecular weight is 460 g/mol. The maximum atomic E-state index is 13.1. The van der Waals surface area contributed by atoms with Gasteiger partial charge in [-0.25, -0.2) is 13.0 Å². The van der Waals surface area contributed by atoms with Crippen molar-refractivity contribution in [3.8, 4) is 5.69 Å². The highest BCUT2D eigenvalue weighted by atomic mass is 32.2. The zero-order valence-corrected chi connectivity index (χ0v) is 18.3. The van der Waals surface area contributed by atoms with Crippen LogP contribution in [0.5, 0.6) is 0 Å². The molecule has 0 fully saturated rings. The van der Waals surface area contributed by atoms with E-state index in [4.69, 9.17) is 0 Å². The molecule has 9 heteroatoms. The monoisotopic (exact) mass is 460 g/mol. The van der Waals surface area contributed by atoms with Gasteiger partial charge >= 0.3 is 0 Å². The number of sulfone groups is 1. The van der Waals surface area contributed by atoms with Crippen LogP contribution in [0, 0.1) is 6.92 Å². The van der Waals surface area contributed by atoms with Crippen LogP contribution in [0.25, 0.3) is 27.2 Å². The molecule has 0 spiro atoms. The third kappa shape index (κ3) is 2.93. The number of hydrogen-bond acceptors (Lipinski definition) is 6. The van der Waals surface area contributed by atoms with Crippen molar-refractivity contribution in [3.63, 3.8) is 0 Å². The molecule has 8 nitrogen and oxygen atoms in total. The molecule has 0 radical (unpaired) electrons. The first-order chi connectivity index (χ1) is 15.6. The van der Waals surface area contributed by atoms with Crippen LogP contribution in [-0.4, -0.2) is 17.6 Å². The van der Waals surface area contributed by atoms with Crippen molar-refractivity contribution in [1.82, 2.24) is 9.13 Å². The summed E-state index contributed by atoms with van der Waals surface area (Å²) in [6.07, 6.45) is 0. The van der Waals surface area contributed by atoms with Crippen molar-refractivity contribution in [2.45, 2.75) is 16.7 Å². The topological polar surface area (TPSA) is 112 Å². The fraction of sp³-hybridized carbons (Fsp3) is 0.0833. The number of aryl methyl sites for hydroxylation is 1. The molecule has 33 heavy (non-hydrogen) atoms. The molecule has 0 aliphatic rings. The Hall–Kier alpha value is -4.11. The maximum absolute atomic E-state index is 13.1. The first-order valence-corrected chi connectivity index (χ1v) is 11.4. The zero-order valence-electron chi connectivity index (χ0n) is 17.5. The third-order valence-corrected chi connectivity index (χ3v) is 7.53. The van der Waals surface area contributed by atoms with E-state index in [1.807, 2.05) is 0 Å². The van der Waals surface area contributed by atoms with Crippen molar-refractivity contribution in [3.05, 3.63) is 108 Å². The second-order valence-electron chi connectivity index (χ2n) is 7.88.